The van der Waals surface area contributed by atoms with Crippen LogP contribution in [-0.4, -0.2) is 42.5 Å². The molecule has 0 unspecified atom stereocenters. The summed E-state index contributed by atoms with van der Waals surface area (Å²) in [5.41, 5.74) is 2.66. The number of nitrogens with zero attached hydrogens (tertiary/aromatic N) is 3. The van der Waals surface area contributed by atoms with Gasteiger partial charge in [-0.2, -0.15) is 5.10 Å². The first kappa shape index (κ1) is 26.8. The summed E-state index contributed by atoms with van der Waals surface area (Å²) in [5.74, 6) is -0.409. The summed E-state index contributed by atoms with van der Waals surface area (Å²) in [6.07, 6.45) is 0.211. The van der Waals surface area contributed by atoms with Gasteiger partial charge in [-0.1, -0.05) is 18.2 Å². The smallest absolute Gasteiger partial charge is 0.323 e. The number of carbonyl (C=O) groups is 1. The van der Waals surface area contributed by atoms with Gasteiger partial charge in [0.05, 0.1) is 22.8 Å². The lowest BCUT2D eigenvalue weighted by atomic mass is 10.2. The van der Waals surface area contributed by atoms with Gasteiger partial charge in [-0.15, -0.1) is 0 Å². The zero-order valence-corrected chi connectivity index (χ0v) is 21.7. The molecule has 0 fully saturated rings. The van der Waals surface area contributed by atoms with E-state index in [4.69, 9.17) is 0 Å². The fourth-order valence-corrected chi connectivity index (χ4v) is 5.94. The molecule has 0 atom stereocenters. The summed E-state index contributed by atoms with van der Waals surface area (Å²) in [7, 11) is -4.09. The average Bonchev–Trinajstić information content (AvgIpc) is 3.20. The van der Waals surface area contributed by atoms with Crippen molar-refractivity contribution in [1.82, 2.24) is 9.78 Å². The van der Waals surface area contributed by atoms with Crippen molar-refractivity contribution in [2.45, 2.75) is 25.2 Å². The van der Waals surface area contributed by atoms with Crippen molar-refractivity contribution in [1.29, 1.82) is 0 Å². The number of hydrogen-bond acceptors (Lipinski definition) is 5. The van der Waals surface area contributed by atoms with E-state index < -0.39 is 21.9 Å². The van der Waals surface area contributed by atoms with Crippen LogP contribution in [0.3, 0.4) is 0 Å². The maximum Gasteiger partial charge on any atom is 0.323 e. The van der Waals surface area contributed by atoms with Crippen LogP contribution in [0.5, 0.6) is 0 Å². The van der Waals surface area contributed by atoms with Crippen molar-refractivity contribution in [3.8, 4) is 5.69 Å². The Morgan fingerprint density at radius 3 is 2.16 bits per heavy atom. The lowest BCUT2D eigenvalue weighted by Gasteiger charge is -2.25. The summed E-state index contributed by atoms with van der Waals surface area (Å²) >= 11 is 0. The van der Waals surface area contributed by atoms with Gasteiger partial charge < -0.3 is 15.7 Å². The van der Waals surface area contributed by atoms with E-state index in [1.54, 1.807) is 62.4 Å². The zero-order valence-electron chi connectivity index (χ0n) is 20.9. The van der Waals surface area contributed by atoms with Crippen LogP contribution in [0.25, 0.3) is 5.69 Å². The predicted octanol–water partition coefficient (Wildman–Crippen LogP) is 4.85. The second-order valence-corrected chi connectivity index (χ2v) is 10.3. The number of aryl methyl sites for hydroxylation is 1. The van der Waals surface area contributed by atoms with Crippen molar-refractivity contribution in [3.05, 3.63) is 96.1 Å². The van der Waals surface area contributed by atoms with Gasteiger partial charge in [0.2, 0.25) is 0 Å². The van der Waals surface area contributed by atoms with Gasteiger partial charge in [0.1, 0.15) is 10.7 Å². The molecule has 1 heterocycles. The number of aliphatic hydroxyl groups excluding tert-OH is 1. The molecule has 3 aromatic carbocycles. The molecule has 4 rings (SSSR count). The summed E-state index contributed by atoms with van der Waals surface area (Å²) in [4.78, 5) is 12.3. The number of anilines is 3. The molecule has 11 heteroatoms. The molecule has 3 N–H and O–H groups in total. The van der Waals surface area contributed by atoms with Gasteiger partial charge in [-0.05, 0) is 80.9 Å². The van der Waals surface area contributed by atoms with Crippen LogP contribution in [0.15, 0.2) is 83.8 Å². The molecule has 0 aliphatic heterocycles. The topological polar surface area (TPSA) is 117 Å². The van der Waals surface area contributed by atoms with E-state index in [2.05, 4.69) is 15.7 Å². The number of benzene rings is 3. The molecule has 0 saturated heterocycles. The molecule has 0 spiro atoms. The number of hydrogen-bond donors (Lipinski definition) is 3. The Hall–Kier alpha value is -4.22. The number of nitrogens with one attached hydrogen (secondary N) is 2. The summed E-state index contributed by atoms with van der Waals surface area (Å²) in [6, 6.07) is 20.5. The first-order valence-corrected chi connectivity index (χ1v) is 13.3. The summed E-state index contributed by atoms with van der Waals surface area (Å²) in [6.45, 7) is 3.07. The third-order valence-corrected chi connectivity index (χ3v) is 7.89. The number of urea groups is 1. The van der Waals surface area contributed by atoms with Gasteiger partial charge in [0.25, 0.3) is 10.0 Å². The SMILES string of the molecule is Cc1nn(-c2ccc(F)cc2)c(C)c1S(=O)(=O)N(CCCO)c1ccc(NC(=O)Nc2ccccc2)cc1. The number of carbonyl (C=O) groups excluding carboxylic acids is 1. The molecular weight excluding hydrogens is 509 g/mol. The number of sulfonamides is 1. The molecule has 198 valence electrons. The Bertz CT molecular complexity index is 1510. The first-order chi connectivity index (χ1) is 18.2. The Balaban J connectivity index is 1.61. The zero-order chi connectivity index (χ0) is 27.3. The van der Waals surface area contributed by atoms with Crippen molar-refractivity contribution < 1.29 is 22.7 Å². The number of amides is 2. The first-order valence-electron chi connectivity index (χ1n) is 11.9. The largest absolute Gasteiger partial charge is 0.396 e. The molecule has 0 bridgehead atoms. The highest BCUT2D eigenvalue weighted by molar-refractivity contribution is 7.93. The molecule has 4 aromatic rings. The number of rotatable bonds is 9. The van der Waals surface area contributed by atoms with Crippen molar-refractivity contribution >= 4 is 33.1 Å². The molecule has 9 nitrogen and oxygen atoms in total. The highest BCUT2D eigenvalue weighted by atomic mass is 32.2. The van der Waals surface area contributed by atoms with Gasteiger partial charge in [-0.25, -0.2) is 22.3 Å². The van der Waals surface area contributed by atoms with Crippen LogP contribution >= 0.6 is 0 Å². The van der Waals surface area contributed by atoms with Gasteiger partial charge >= 0.3 is 6.03 Å². The minimum absolute atomic E-state index is 0.0285. The molecule has 0 saturated carbocycles. The Kier molecular flexibility index (Phi) is 8.08. The normalized spacial score (nSPS) is 11.3. The van der Waals surface area contributed by atoms with Gasteiger partial charge in [0.15, 0.2) is 0 Å². The van der Waals surface area contributed by atoms with E-state index >= 15 is 0 Å². The van der Waals surface area contributed by atoms with E-state index in [9.17, 15) is 22.7 Å². The molecule has 1 aromatic heterocycles. The Morgan fingerprint density at radius 2 is 1.55 bits per heavy atom. The van der Waals surface area contributed by atoms with Crippen LogP contribution in [0.2, 0.25) is 0 Å². The van der Waals surface area contributed by atoms with Crippen LogP contribution in [-0.2, 0) is 10.0 Å². The average molecular weight is 538 g/mol. The lowest BCUT2D eigenvalue weighted by molar-refractivity contribution is 0.262. The van der Waals surface area contributed by atoms with E-state index in [-0.39, 0.29) is 30.2 Å². The number of para-hydroxylation sites is 1. The standard InChI is InChI=1S/C27H28FN5O4S/c1-19-26(20(2)33(31-19)25-13-9-21(28)10-14-25)38(36,37)32(17-6-18-34)24-15-11-23(12-16-24)30-27(35)29-22-7-4-3-5-8-22/h3-5,7-16,34H,6,17-18H2,1-2H3,(H2,29,30,35). The quantitative estimate of drug-likeness (QED) is 0.282. The second-order valence-electron chi connectivity index (χ2n) is 8.53. The number of halogens is 1. The molecule has 0 aliphatic carbocycles. The Labute approximate surface area is 220 Å². The van der Waals surface area contributed by atoms with Crippen molar-refractivity contribution in [3.63, 3.8) is 0 Å². The van der Waals surface area contributed by atoms with Crippen LogP contribution in [0.1, 0.15) is 17.8 Å². The maximum atomic E-state index is 13.9. The number of aliphatic hydroxyl groups is 1. The maximum absolute atomic E-state index is 13.9. The molecule has 2 amide bonds. The predicted molar refractivity (Wildman–Crippen MR) is 145 cm³/mol. The minimum atomic E-state index is -4.09. The lowest BCUT2D eigenvalue weighted by Crippen LogP contribution is -2.33. The third kappa shape index (κ3) is 5.84. The van der Waals surface area contributed by atoms with Crippen LogP contribution in [0.4, 0.5) is 26.2 Å². The van der Waals surface area contributed by atoms with E-state index in [0.29, 0.717) is 28.4 Å². The van der Waals surface area contributed by atoms with Crippen molar-refractivity contribution in [2.75, 3.05) is 28.1 Å². The minimum Gasteiger partial charge on any atom is -0.396 e. The summed E-state index contributed by atoms with van der Waals surface area (Å²) in [5, 5.41) is 19.3. The van der Waals surface area contributed by atoms with Crippen LogP contribution in [0, 0.1) is 19.7 Å². The third-order valence-electron chi connectivity index (χ3n) is 5.81. The highest BCUT2D eigenvalue weighted by Crippen LogP contribution is 2.30. The summed E-state index contributed by atoms with van der Waals surface area (Å²) < 4.78 is 43.9. The fourth-order valence-electron chi connectivity index (χ4n) is 4.07. The molecule has 0 aliphatic rings. The number of aromatic nitrogens is 2. The molecule has 38 heavy (non-hydrogen) atoms. The molecule has 0 radical (unpaired) electrons. The molecular formula is C27H28FN5O4S. The van der Waals surface area contributed by atoms with Gasteiger partial charge in [0, 0.05) is 24.5 Å². The van der Waals surface area contributed by atoms with E-state index in [0.717, 1.165) is 0 Å². The second kappa shape index (κ2) is 11.4. The fraction of sp³-hybridized carbons (Fsp3) is 0.185. The highest BCUT2D eigenvalue weighted by Gasteiger charge is 2.31. The van der Waals surface area contributed by atoms with Crippen molar-refractivity contribution in [2.24, 2.45) is 0 Å². The monoisotopic (exact) mass is 537 g/mol. The van der Waals surface area contributed by atoms with Gasteiger partial charge in [-0.3, -0.25) is 4.31 Å². The van der Waals surface area contributed by atoms with Crippen LogP contribution < -0.4 is 14.9 Å². The van der Waals surface area contributed by atoms with E-state index in [1.807, 2.05) is 6.07 Å². The van der Waals surface area contributed by atoms with E-state index in [1.165, 1.54) is 33.3 Å². The Morgan fingerprint density at radius 1 is 0.947 bits per heavy atom.